The lowest BCUT2D eigenvalue weighted by molar-refractivity contribution is 0.0690. The van der Waals surface area contributed by atoms with E-state index in [-0.39, 0.29) is 12.1 Å². The van der Waals surface area contributed by atoms with Gasteiger partial charge in [-0.25, -0.2) is 9.48 Å². The Morgan fingerprint density at radius 2 is 1.86 bits per heavy atom. The number of hydrogen-bond donors (Lipinski definition) is 2. The van der Waals surface area contributed by atoms with Gasteiger partial charge in [-0.2, -0.15) is 0 Å². The first-order chi connectivity index (χ1) is 10.5. The molecular weight excluding hydrogens is 308 g/mol. The van der Waals surface area contributed by atoms with Crippen LogP contribution in [0.1, 0.15) is 15.9 Å². The Balaban J connectivity index is 2.24. The average Bonchev–Trinajstić information content (AvgIpc) is 2.95. The summed E-state index contributed by atoms with van der Waals surface area (Å²) < 4.78 is 2.68. The van der Waals surface area contributed by atoms with Gasteiger partial charge in [0.1, 0.15) is 5.52 Å². The summed E-state index contributed by atoms with van der Waals surface area (Å²) >= 11 is 5.83. The number of carboxylic acid groups (broad SMARTS) is 1. The molecule has 0 amide bonds. The van der Waals surface area contributed by atoms with Crippen LogP contribution in [-0.2, 0) is 6.54 Å². The summed E-state index contributed by atoms with van der Waals surface area (Å²) in [6.45, 7) is 0.155. The molecule has 22 heavy (non-hydrogen) atoms. The standard InChI is InChI=1S/C15H11ClN2O4/c16-10-5-3-9(4-6-10)8-18-14(20)12(15(21)22)13(19)11-2-1-7-17(11)18/h1-7,19H,8H2,(H,21,22). The summed E-state index contributed by atoms with van der Waals surface area (Å²) in [5, 5.41) is 19.7. The zero-order valence-corrected chi connectivity index (χ0v) is 12.0. The number of fused-ring (bicyclic) bond motifs is 1. The predicted molar refractivity (Wildman–Crippen MR) is 80.8 cm³/mol. The van der Waals surface area contributed by atoms with E-state index in [1.54, 1.807) is 42.6 Å². The molecule has 2 aromatic heterocycles. The second-order valence-electron chi connectivity index (χ2n) is 4.76. The zero-order chi connectivity index (χ0) is 15.9. The minimum Gasteiger partial charge on any atom is -0.505 e. The highest BCUT2D eigenvalue weighted by Gasteiger charge is 2.21. The highest BCUT2D eigenvalue weighted by Crippen LogP contribution is 2.21. The van der Waals surface area contributed by atoms with Gasteiger partial charge in [0, 0.05) is 11.2 Å². The fourth-order valence-electron chi connectivity index (χ4n) is 2.33. The Morgan fingerprint density at radius 1 is 1.18 bits per heavy atom. The Bertz CT molecular complexity index is 925. The minimum absolute atomic E-state index is 0.155. The molecule has 7 heteroatoms. The molecule has 0 saturated heterocycles. The van der Waals surface area contributed by atoms with Crippen LogP contribution < -0.4 is 5.56 Å². The number of carbonyl (C=O) groups is 1. The molecule has 0 radical (unpaired) electrons. The van der Waals surface area contributed by atoms with Crippen LogP contribution >= 0.6 is 11.6 Å². The SMILES string of the molecule is O=C(O)c1c(O)c2cccn2n(Cc2ccc(Cl)cc2)c1=O. The van der Waals surface area contributed by atoms with E-state index < -0.39 is 22.8 Å². The fraction of sp³-hybridized carbons (Fsp3) is 0.0667. The molecule has 0 aliphatic heterocycles. The summed E-state index contributed by atoms with van der Waals surface area (Å²) in [5.74, 6) is -1.99. The van der Waals surface area contributed by atoms with Gasteiger partial charge < -0.3 is 10.2 Å². The summed E-state index contributed by atoms with van der Waals surface area (Å²) in [5.41, 5.74) is -0.377. The van der Waals surface area contributed by atoms with Crippen LogP contribution in [0.4, 0.5) is 0 Å². The van der Waals surface area contributed by atoms with Crippen LogP contribution in [0.15, 0.2) is 47.4 Å². The maximum Gasteiger partial charge on any atom is 0.345 e. The number of nitrogens with zero attached hydrogens (tertiary/aromatic N) is 2. The fourth-order valence-corrected chi connectivity index (χ4v) is 2.46. The van der Waals surface area contributed by atoms with Crippen LogP contribution in [0.2, 0.25) is 5.02 Å². The monoisotopic (exact) mass is 318 g/mol. The second kappa shape index (κ2) is 5.23. The van der Waals surface area contributed by atoms with Crippen molar-refractivity contribution < 1.29 is 15.0 Å². The maximum absolute atomic E-state index is 12.4. The van der Waals surface area contributed by atoms with E-state index in [2.05, 4.69) is 0 Å². The predicted octanol–water partition coefficient (Wildman–Crippen LogP) is 2.21. The Hall–Kier alpha value is -2.73. The van der Waals surface area contributed by atoms with Gasteiger partial charge in [0.05, 0.1) is 6.54 Å². The van der Waals surface area contributed by atoms with Crippen molar-refractivity contribution in [3.63, 3.8) is 0 Å². The zero-order valence-electron chi connectivity index (χ0n) is 11.2. The highest BCUT2D eigenvalue weighted by atomic mass is 35.5. The third kappa shape index (κ3) is 2.23. The molecule has 3 aromatic rings. The van der Waals surface area contributed by atoms with Crippen molar-refractivity contribution in [3.8, 4) is 5.75 Å². The van der Waals surface area contributed by atoms with Crippen LogP contribution in [0.5, 0.6) is 5.75 Å². The van der Waals surface area contributed by atoms with Crippen molar-refractivity contribution in [2.24, 2.45) is 0 Å². The topological polar surface area (TPSA) is 83.9 Å². The molecule has 0 spiro atoms. The van der Waals surface area contributed by atoms with Crippen LogP contribution in [0.25, 0.3) is 5.52 Å². The minimum atomic E-state index is -1.46. The highest BCUT2D eigenvalue weighted by molar-refractivity contribution is 6.30. The van der Waals surface area contributed by atoms with Gasteiger partial charge in [-0.1, -0.05) is 23.7 Å². The van der Waals surface area contributed by atoms with Gasteiger partial charge in [0.25, 0.3) is 5.56 Å². The van der Waals surface area contributed by atoms with E-state index in [0.717, 1.165) is 5.56 Å². The molecule has 112 valence electrons. The molecule has 6 nitrogen and oxygen atoms in total. The van der Waals surface area contributed by atoms with Gasteiger partial charge in [-0.3, -0.25) is 9.31 Å². The Kier molecular flexibility index (Phi) is 3.38. The van der Waals surface area contributed by atoms with E-state index in [9.17, 15) is 19.8 Å². The third-order valence-electron chi connectivity index (χ3n) is 3.38. The molecule has 0 saturated carbocycles. The first kappa shape index (κ1) is 14.2. The summed E-state index contributed by atoms with van der Waals surface area (Å²) in [7, 11) is 0. The van der Waals surface area contributed by atoms with Gasteiger partial charge in [-0.05, 0) is 29.8 Å². The summed E-state index contributed by atoms with van der Waals surface area (Å²) in [6, 6.07) is 10.0. The van der Waals surface area contributed by atoms with Crippen molar-refractivity contribution in [2.45, 2.75) is 6.54 Å². The Morgan fingerprint density at radius 3 is 2.50 bits per heavy atom. The number of carboxylic acids is 1. The van der Waals surface area contributed by atoms with Gasteiger partial charge >= 0.3 is 5.97 Å². The molecule has 1 aromatic carbocycles. The molecule has 0 fully saturated rings. The van der Waals surface area contributed by atoms with Crippen molar-refractivity contribution in [3.05, 3.63) is 69.1 Å². The lowest BCUT2D eigenvalue weighted by atomic mass is 10.2. The van der Waals surface area contributed by atoms with E-state index >= 15 is 0 Å². The van der Waals surface area contributed by atoms with Crippen molar-refractivity contribution in [1.82, 2.24) is 9.20 Å². The maximum atomic E-state index is 12.4. The smallest absolute Gasteiger partial charge is 0.345 e. The summed E-state index contributed by atoms with van der Waals surface area (Å²) in [4.78, 5) is 23.6. The van der Waals surface area contributed by atoms with Gasteiger partial charge in [0.2, 0.25) is 0 Å². The lowest BCUT2D eigenvalue weighted by Gasteiger charge is -2.13. The largest absolute Gasteiger partial charge is 0.505 e. The van der Waals surface area contributed by atoms with E-state index in [1.807, 2.05) is 0 Å². The molecule has 3 rings (SSSR count). The van der Waals surface area contributed by atoms with Gasteiger partial charge in [-0.15, -0.1) is 0 Å². The Labute approximate surface area is 129 Å². The van der Waals surface area contributed by atoms with Crippen molar-refractivity contribution >= 4 is 23.1 Å². The molecule has 0 aliphatic rings. The lowest BCUT2D eigenvalue weighted by Crippen LogP contribution is -2.31. The number of aromatic carboxylic acids is 1. The molecule has 0 atom stereocenters. The number of benzene rings is 1. The van der Waals surface area contributed by atoms with Crippen molar-refractivity contribution in [2.75, 3.05) is 0 Å². The molecular formula is C15H11ClN2O4. The number of rotatable bonds is 3. The second-order valence-corrected chi connectivity index (χ2v) is 5.19. The molecule has 2 N–H and O–H groups in total. The number of aromatic nitrogens is 2. The average molecular weight is 319 g/mol. The van der Waals surface area contributed by atoms with E-state index in [4.69, 9.17) is 11.6 Å². The van der Waals surface area contributed by atoms with Gasteiger partial charge in [0.15, 0.2) is 11.3 Å². The summed E-state index contributed by atoms with van der Waals surface area (Å²) in [6.07, 6.45) is 1.58. The van der Waals surface area contributed by atoms with Crippen molar-refractivity contribution in [1.29, 1.82) is 0 Å². The first-order valence-electron chi connectivity index (χ1n) is 6.40. The normalized spacial score (nSPS) is 11.0. The van der Waals surface area contributed by atoms with Crippen LogP contribution in [-0.4, -0.2) is 25.4 Å². The van der Waals surface area contributed by atoms with Crippen LogP contribution in [0.3, 0.4) is 0 Å². The van der Waals surface area contributed by atoms with E-state index in [1.165, 1.54) is 9.20 Å². The molecule has 2 heterocycles. The molecule has 0 bridgehead atoms. The number of aromatic hydroxyl groups is 1. The first-order valence-corrected chi connectivity index (χ1v) is 6.77. The van der Waals surface area contributed by atoms with Crippen LogP contribution in [0, 0.1) is 0 Å². The third-order valence-corrected chi connectivity index (χ3v) is 3.63. The molecule has 0 aliphatic carbocycles. The number of halogens is 1. The van der Waals surface area contributed by atoms with E-state index in [0.29, 0.717) is 5.02 Å². The quantitative estimate of drug-likeness (QED) is 0.775. The molecule has 0 unspecified atom stereocenters. The number of hydrogen-bond acceptors (Lipinski definition) is 3.